The predicted octanol–water partition coefficient (Wildman–Crippen LogP) is 1.39. The lowest BCUT2D eigenvalue weighted by Crippen LogP contribution is -2.23. The van der Waals surface area contributed by atoms with Gasteiger partial charge in [0.05, 0.1) is 12.8 Å². The van der Waals surface area contributed by atoms with Crippen LogP contribution in [0.5, 0.6) is 5.75 Å². The topological polar surface area (TPSA) is 102 Å². The van der Waals surface area contributed by atoms with Crippen molar-refractivity contribution in [3.05, 3.63) is 22.7 Å². The van der Waals surface area contributed by atoms with Gasteiger partial charge in [0, 0.05) is 17.5 Å². The minimum Gasteiger partial charge on any atom is -0.495 e. The third-order valence-electron chi connectivity index (χ3n) is 2.25. The first-order chi connectivity index (χ1) is 8.38. The van der Waals surface area contributed by atoms with E-state index in [1.54, 1.807) is 0 Å². The largest absolute Gasteiger partial charge is 0.495 e. The van der Waals surface area contributed by atoms with E-state index in [0.717, 1.165) is 0 Å². The van der Waals surface area contributed by atoms with Gasteiger partial charge < -0.3 is 20.9 Å². The van der Waals surface area contributed by atoms with Crippen molar-refractivity contribution in [2.75, 3.05) is 12.4 Å². The van der Waals surface area contributed by atoms with Crippen LogP contribution in [0.2, 0.25) is 5.02 Å². The first-order valence-corrected chi connectivity index (χ1v) is 5.38. The van der Waals surface area contributed by atoms with E-state index >= 15 is 0 Å². The SMILES string of the molecule is COc1ccc(Cl)c(C(N)C(=O)O)c1NC(C)=O. The second-order valence-corrected chi connectivity index (χ2v) is 3.94. The molecule has 1 atom stereocenters. The number of carbonyl (C=O) groups excluding carboxylic acids is 1. The van der Waals surface area contributed by atoms with Crippen molar-refractivity contribution in [2.45, 2.75) is 13.0 Å². The van der Waals surface area contributed by atoms with Crippen LogP contribution in [0.3, 0.4) is 0 Å². The average Bonchev–Trinajstić information content (AvgIpc) is 2.28. The van der Waals surface area contributed by atoms with Crippen molar-refractivity contribution in [3.8, 4) is 5.75 Å². The van der Waals surface area contributed by atoms with E-state index in [2.05, 4.69) is 5.32 Å². The van der Waals surface area contributed by atoms with Crippen LogP contribution in [-0.2, 0) is 9.59 Å². The molecule has 0 heterocycles. The Morgan fingerprint density at radius 3 is 2.56 bits per heavy atom. The molecule has 7 heteroatoms. The second kappa shape index (κ2) is 5.70. The summed E-state index contributed by atoms with van der Waals surface area (Å²) in [6.07, 6.45) is 0. The molecule has 0 saturated heterocycles. The number of ether oxygens (including phenoxy) is 1. The van der Waals surface area contributed by atoms with Gasteiger partial charge in [-0.2, -0.15) is 0 Å². The third-order valence-corrected chi connectivity index (χ3v) is 2.58. The van der Waals surface area contributed by atoms with Crippen molar-refractivity contribution < 1.29 is 19.4 Å². The van der Waals surface area contributed by atoms with Crippen LogP contribution in [0.25, 0.3) is 0 Å². The number of hydrogen-bond acceptors (Lipinski definition) is 4. The minimum atomic E-state index is -1.35. The molecule has 1 aromatic carbocycles. The number of rotatable bonds is 4. The fourth-order valence-electron chi connectivity index (χ4n) is 1.48. The number of carboxylic acids is 1. The molecule has 0 aliphatic rings. The molecule has 1 aromatic rings. The maximum atomic E-state index is 11.1. The molecule has 0 aromatic heterocycles. The van der Waals surface area contributed by atoms with Gasteiger partial charge in [-0.1, -0.05) is 11.6 Å². The van der Waals surface area contributed by atoms with Crippen LogP contribution >= 0.6 is 11.6 Å². The van der Waals surface area contributed by atoms with Gasteiger partial charge in [0.15, 0.2) is 0 Å². The number of methoxy groups -OCH3 is 1. The summed E-state index contributed by atoms with van der Waals surface area (Å²) >= 11 is 5.93. The lowest BCUT2D eigenvalue weighted by atomic mass is 10.0. The van der Waals surface area contributed by atoms with Gasteiger partial charge in [0.25, 0.3) is 0 Å². The number of aliphatic carboxylic acids is 1. The van der Waals surface area contributed by atoms with Gasteiger partial charge in [0.2, 0.25) is 5.91 Å². The number of carboxylic acid groups (broad SMARTS) is 1. The van der Waals surface area contributed by atoms with Crippen LogP contribution in [0.1, 0.15) is 18.5 Å². The fourth-order valence-corrected chi connectivity index (χ4v) is 1.75. The van der Waals surface area contributed by atoms with Gasteiger partial charge in [-0.3, -0.25) is 9.59 Å². The maximum Gasteiger partial charge on any atom is 0.325 e. The summed E-state index contributed by atoms with van der Waals surface area (Å²) in [6.45, 7) is 1.29. The molecule has 0 bridgehead atoms. The van der Waals surface area contributed by atoms with Gasteiger partial charge >= 0.3 is 5.97 Å². The Labute approximate surface area is 109 Å². The van der Waals surface area contributed by atoms with Crippen molar-refractivity contribution in [2.24, 2.45) is 5.73 Å². The molecular formula is C11H13ClN2O4. The number of hydrogen-bond donors (Lipinski definition) is 3. The number of anilines is 1. The summed E-state index contributed by atoms with van der Waals surface area (Å²) in [6, 6.07) is 1.63. The molecule has 1 unspecified atom stereocenters. The van der Waals surface area contributed by atoms with E-state index in [0.29, 0.717) is 5.75 Å². The van der Waals surface area contributed by atoms with E-state index in [1.807, 2.05) is 0 Å². The second-order valence-electron chi connectivity index (χ2n) is 3.54. The van der Waals surface area contributed by atoms with Crippen LogP contribution in [0.15, 0.2) is 12.1 Å². The lowest BCUT2D eigenvalue weighted by molar-refractivity contribution is -0.138. The van der Waals surface area contributed by atoms with Gasteiger partial charge in [-0.15, -0.1) is 0 Å². The molecule has 18 heavy (non-hydrogen) atoms. The fraction of sp³-hybridized carbons (Fsp3) is 0.273. The van der Waals surface area contributed by atoms with E-state index in [9.17, 15) is 9.59 Å². The molecule has 0 fully saturated rings. The van der Waals surface area contributed by atoms with E-state index < -0.39 is 12.0 Å². The van der Waals surface area contributed by atoms with Crippen molar-refractivity contribution in [1.82, 2.24) is 0 Å². The van der Waals surface area contributed by atoms with E-state index in [-0.39, 0.29) is 22.2 Å². The molecule has 0 radical (unpaired) electrons. The smallest absolute Gasteiger partial charge is 0.325 e. The normalized spacial score (nSPS) is 11.8. The highest BCUT2D eigenvalue weighted by Gasteiger charge is 2.24. The number of benzene rings is 1. The zero-order chi connectivity index (χ0) is 13.9. The maximum absolute atomic E-state index is 11.1. The number of amides is 1. The Morgan fingerprint density at radius 1 is 1.50 bits per heavy atom. The zero-order valence-corrected chi connectivity index (χ0v) is 10.6. The molecule has 0 aliphatic carbocycles. The third kappa shape index (κ3) is 2.91. The summed E-state index contributed by atoms with van der Waals surface area (Å²) in [5.74, 6) is -1.34. The van der Waals surface area contributed by atoms with Gasteiger partial charge in [-0.25, -0.2) is 0 Å². The summed E-state index contributed by atoms with van der Waals surface area (Å²) in [4.78, 5) is 22.1. The molecule has 6 nitrogen and oxygen atoms in total. The number of halogens is 1. The monoisotopic (exact) mass is 272 g/mol. The lowest BCUT2D eigenvalue weighted by Gasteiger charge is -2.18. The van der Waals surface area contributed by atoms with Crippen molar-refractivity contribution in [1.29, 1.82) is 0 Å². The highest BCUT2D eigenvalue weighted by Crippen LogP contribution is 2.37. The summed E-state index contributed by atoms with van der Waals surface area (Å²) in [5.41, 5.74) is 5.83. The average molecular weight is 273 g/mol. The van der Waals surface area contributed by atoms with E-state index in [1.165, 1.54) is 26.2 Å². The number of nitrogens with one attached hydrogen (secondary N) is 1. The molecule has 4 N–H and O–H groups in total. The standard InChI is InChI=1S/C11H13ClN2O4/c1-5(15)14-10-7(18-2)4-3-6(12)8(10)9(13)11(16)17/h3-4,9H,13H2,1-2H3,(H,14,15)(H,16,17). The predicted molar refractivity (Wildman–Crippen MR) is 66.9 cm³/mol. The Morgan fingerprint density at radius 2 is 2.11 bits per heavy atom. The summed E-state index contributed by atoms with van der Waals surface area (Å²) < 4.78 is 5.05. The first kappa shape index (κ1) is 14.3. The molecule has 0 aliphatic heterocycles. The molecule has 0 spiro atoms. The Kier molecular flexibility index (Phi) is 4.52. The zero-order valence-electron chi connectivity index (χ0n) is 9.86. The Bertz CT molecular complexity index is 490. The Balaban J connectivity index is 3.44. The highest BCUT2D eigenvalue weighted by molar-refractivity contribution is 6.32. The highest BCUT2D eigenvalue weighted by atomic mass is 35.5. The van der Waals surface area contributed by atoms with E-state index in [4.69, 9.17) is 27.2 Å². The summed E-state index contributed by atoms with van der Waals surface area (Å²) in [7, 11) is 1.39. The van der Waals surface area contributed by atoms with Crippen molar-refractivity contribution in [3.63, 3.8) is 0 Å². The molecule has 1 amide bonds. The summed E-state index contributed by atoms with van der Waals surface area (Å²) in [5, 5.41) is 11.6. The van der Waals surface area contributed by atoms with Crippen LogP contribution in [0, 0.1) is 0 Å². The molecule has 98 valence electrons. The Hall–Kier alpha value is -1.79. The van der Waals surface area contributed by atoms with Gasteiger partial charge in [0.1, 0.15) is 11.8 Å². The quantitative estimate of drug-likeness (QED) is 0.769. The van der Waals surface area contributed by atoms with Crippen LogP contribution in [-0.4, -0.2) is 24.1 Å². The molecule has 0 saturated carbocycles. The number of carbonyl (C=O) groups is 2. The van der Waals surface area contributed by atoms with Crippen molar-refractivity contribution >= 4 is 29.2 Å². The number of nitrogens with two attached hydrogens (primary N) is 1. The first-order valence-electron chi connectivity index (χ1n) is 5.00. The van der Waals surface area contributed by atoms with Gasteiger partial charge in [-0.05, 0) is 12.1 Å². The molecular weight excluding hydrogens is 260 g/mol. The van der Waals surface area contributed by atoms with Crippen LogP contribution in [0.4, 0.5) is 5.69 Å². The molecule has 1 rings (SSSR count). The minimum absolute atomic E-state index is 0.110. The van der Waals surface area contributed by atoms with Crippen LogP contribution < -0.4 is 15.8 Å².